The van der Waals surface area contributed by atoms with E-state index in [1.54, 1.807) is 23.1 Å². The molecule has 5 nitrogen and oxygen atoms in total. The first-order chi connectivity index (χ1) is 12.0. The number of anilines is 1. The molecule has 1 fully saturated rings. The molecule has 1 aromatic rings. The van der Waals surface area contributed by atoms with Crippen LogP contribution in [-0.2, 0) is 9.59 Å². The van der Waals surface area contributed by atoms with Gasteiger partial charge in [-0.1, -0.05) is 25.1 Å². The summed E-state index contributed by atoms with van der Waals surface area (Å²) < 4.78 is 13.8. The molecule has 0 aliphatic carbocycles. The molecule has 0 aromatic heterocycles. The first kappa shape index (κ1) is 19.0. The van der Waals surface area contributed by atoms with Crippen LogP contribution in [-0.4, -0.2) is 49.4 Å². The maximum Gasteiger partial charge on any atom is 0.222 e. The summed E-state index contributed by atoms with van der Waals surface area (Å²) in [7, 11) is 0. The summed E-state index contributed by atoms with van der Waals surface area (Å²) >= 11 is 0. The first-order valence-electron chi connectivity index (χ1n) is 8.66. The molecule has 1 atom stereocenters. The Morgan fingerprint density at radius 2 is 1.92 bits per heavy atom. The van der Waals surface area contributed by atoms with Gasteiger partial charge in [-0.3, -0.25) is 9.59 Å². The van der Waals surface area contributed by atoms with Gasteiger partial charge < -0.3 is 15.1 Å². The van der Waals surface area contributed by atoms with Crippen LogP contribution >= 0.6 is 0 Å². The third-order valence-electron chi connectivity index (χ3n) is 4.33. The molecule has 0 spiro atoms. The second-order valence-corrected chi connectivity index (χ2v) is 6.43. The van der Waals surface area contributed by atoms with Crippen molar-refractivity contribution in [1.82, 2.24) is 10.2 Å². The summed E-state index contributed by atoms with van der Waals surface area (Å²) in [5.41, 5.74) is 0.585. The van der Waals surface area contributed by atoms with E-state index in [4.69, 9.17) is 0 Å². The SMILES string of the molecule is C=CCNC(=O)CC(C)CC(=O)N1CCN(c2ccccc2F)CC1. The lowest BCUT2D eigenvalue weighted by Gasteiger charge is -2.36. The van der Waals surface area contributed by atoms with Crippen molar-refractivity contribution in [2.45, 2.75) is 19.8 Å². The van der Waals surface area contributed by atoms with Crippen molar-refractivity contribution in [1.29, 1.82) is 0 Å². The number of para-hydroxylation sites is 1. The van der Waals surface area contributed by atoms with Crippen molar-refractivity contribution in [2.24, 2.45) is 5.92 Å². The van der Waals surface area contributed by atoms with E-state index >= 15 is 0 Å². The molecule has 0 bridgehead atoms. The third-order valence-corrected chi connectivity index (χ3v) is 4.33. The summed E-state index contributed by atoms with van der Waals surface area (Å²) in [4.78, 5) is 27.8. The number of carbonyl (C=O) groups is 2. The van der Waals surface area contributed by atoms with Crippen molar-refractivity contribution in [3.63, 3.8) is 0 Å². The second-order valence-electron chi connectivity index (χ2n) is 6.43. The minimum Gasteiger partial charge on any atom is -0.366 e. The van der Waals surface area contributed by atoms with Gasteiger partial charge in [0.15, 0.2) is 0 Å². The van der Waals surface area contributed by atoms with Gasteiger partial charge in [-0.05, 0) is 18.1 Å². The number of amides is 2. The number of rotatable bonds is 7. The summed E-state index contributed by atoms with van der Waals surface area (Å²) in [5.74, 6) is -0.259. The Labute approximate surface area is 148 Å². The molecular formula is C19H26FN3O2. The van der Waals surface area contributed by atoms with Crippen molar-refractivity contribution >= 4 is 17.5 Å². The summed E-state index contributed by atoms with van der Waals surface area (Å²) in [6, 6.07) is 6.70. The monoisotopic (exact) mass is 347 g/mol. The molecule has 6 heteroatoms. The van der Waals surface area contributed by atoms with Crippen LogP contribution < -0.4 is 10.2 Å². The molecule has 0 radical (unpaired) electrons. The van der Waals surface area contributed by atoms with Crippen LogP contribution in [0.15, 0.2) is 36.9 Å². The molecule has 1 heterocycles. The number of nitrogens with zero attached hydrogens (tertiary/aromatic N) is 2. The maximum absolute atomic E-state index is 13.8. The van der Waals surface area contributed by atoms with Gasteiger partial charge in [-0.15, -0.1) is 6.58 Å². The zero-order valence-corrected chi connectivity index (χ0v) is 14.7. The molecule has 1 unspecified atom stereocenters. The lowest BCUT2D eigenvalue weighted by molar-refractivity contribution is -0.132. The number of piperazine rings is 1. The predicted molar refractivity (Wildman–Crippen MR) is 96.8 cm³/mol. The average molecular weight is 347 g/mol. The molecule has 1 N–H and O–H groups in total. The summed E-state index contributed by atoms with van der Waals surface area (Å²) in [6.07, 6.45) is 2.30. The fourth-order valence-corrected chi connectivity index (χ4v) is 2.98. The van der Waals surface area contributed by atoms with Crippen molar-refractivity contribution in [2.75, 3.05) is 37.6 Å². The van der Waals surface area contributed by atoms with E-state index in [1.165, 1.54) is 6.07 Å². The standard InChI is InChI=1S/C19H26FN3O2/c1-3-8-21-18(24)13-15(2)14-19(25)23-11-9-22(10-12-23)17-7-5-4-6-16(17)20/h3-7,15H,1,8-14H2,2H3,(H,21,24). The number of hydrogen-bond acceptors (Lipinski definition) is 3. The number of benzene rings is 1. The molecule has 1 aromatic carbocycles. The molecular weight excluding hydrogens is 321 g/mol. The highest BCUT2D eigenvalue weighted by molar-refractivity contribution is 5.79. The van der Waals surface area contributed by atoms with Crippen LogP contribution in [0.1, 0.15) is 19.8 Å². The number of carbonyl (C=O) groups excluding carboxylic acids is 2. The third kappa shape index (κ3) is 5.59. The van der Waals surface area contributed by atoms with Crippen molar-refractivity contribution in [3.05, 3.63) is 42.7 Å². The normalized spacial score (nSPS) is 15.6. The highest BCUT2D eigenvalue weighted by Gasteiger charge is 2.24. The summed E-state index contributed by atoms with van der Waals surface area (Å²) in [5, 5.41) is 2.72. The topological polar surface area (TPSA) is 52.7 Å². The van der Waals surface area contributed by atoms with Gasteiger partial charge in [0.05, 0.1) is 5.69 Å². The predicted octanol–water partition coefficient (Wildman–Crippen LogP) is 2.19. The molecule has 25 heavy (non-hydrogen) atoms. The Bertz CT molecular complexity index is 612. The van der Waals surface area contributed by atoms with Crippen LogP contribution in [0.2, 0.25) is 0 Å². The lowest BCUT2D eigenvalue weighted by atomic mass is 10.0. The fourth-order valence-electron chi connectivity index (χ4n) is 2.98. The first-order valence-corrected chi connectivity index (χ1v) is 8.66. The lowest BCUT2D eigenvalue weighted by Crippen LogP contribution is -2.49. The fraction of sp³-hybridized carbons (Fsp3) is 0.474. The van der Waals surface area contributed by atoms with Gasteiger partial charge in [0.2, 0.25) is 11.8 Å². The quantitative estimate of drug-likeness (QED) is 0.770. The molecule has 1 aliphatic rings. The maximum atomic E-state index is 13.8. The molecule has 2 amide bonds. The smallest absolute Gasteiger partial charge is 0.222 e. The molecule has 2 rings (SSSR count). The van der Waals surface area contributed by atoms with Gasteiger partial charge in [0, 0.05) is 45.6 Å². The second kappa shape index (κ2) is 9.20. The van der Waals surface area contributed by atoms with E-state index in [0.717, 1.165) is 0 Å². The number of halogens is 1. The van der Waals surface area contributed by atoms with Crippen LogP contribution in [0.5, 0.6) is 0 Å². The Morgan fingerprint density at radius 3 is 2.56 bits per heavy atom. The van der Waals surface area contributed by atoms with Crippen molar-refractivity contribution < 1.29 is 14.0 Å². The molecule has 136 valence electrons. The largest absolute Gasteiger partial charge is 0.366 e. The molecule has 1 aliphatic heterocycles. The Morgan fingerprint density at radius 1 is 1.24 bits per heavy atom. The molecule has 0 saturated carbocycles. The van der Waals surface area contributed by atoms with E-state index in [2.05, 4.69) is 11.9 Å². The highest BCUT2D eigenvalue weighted by Crippen LogP contribution is 2.20. The Balaban J connectivity index is 1.78. The highest BCUT2D eigenvalue weighted by atomic mass is 19.1. The molecule has 1 saturated heterocycles. The van der Waals surface area contributed by atoms with Gasteiger partial charge in [0.25, 0.3) is 0 Å². The Hall–Kier alpha value is -2.37. The van der Waals surface area contributed by atoms with Gasteiger partial charge >= 0.3 is 0 Å². The van der Waals surface area contributed by atoms with E-state index in [0.29, 0.717) is 51.3 Å². The van der Waals surface area contributed by atoms with E-state index in [9.17, 15) is 14.0 Å². The van der Waals surface area contributed by atoms with Crippen LogP contribution in [0.25, 0.3) is 0 Å². The Kier molecular flexibility index (Phi) is 6.98. The minimum atomic E-state index is -0.235. The zero-order chi connectivity index (χ0) is 18.2. The number of nitrogens with one attached hydrogen (secondary N) is 1. The van der Waals surface area contributed by atoms with Gasteiger partial charge in [0.1, 0.15) is 5.82 Å². The van der Waals surface area contributed by atoms with Gasteiger partial charge in [-0.25, -0.2) is 4.39 Å². The van der Waals surface area contributed by atoms with Gasteiger partial charge in [-0.2, -0.15) is 0 Å². The van der Waals surface area contributed by atoms with Crippen LogP contribution in [0.4, 0.5) is 10.1 Å². The van der Waals surface area contributed by atoms with Crippen molar-refractivity contribution in [3.8, 4) is 0 Å². The van der Waals surface area contributed by atoms with E-state index in [1.807, 2.05) is 17.9 Å². The van der Waals surface area contributed by atoms with Crippen LogP contribution in [0, 0.1) is 11.7 Å². The average Bonchev–Trinajstić information content (AvgIpc) is 2.60. The number of hydrogen-bond donors (Lipinski definition) is 1. The zero-order valence-electron chi connectivity index (χ0n) is 14.7. The van der Waals surface area contributed by atoms with Crippen LogP contribution in [0.3, 0.4) is 0 Å². The summed E-state index contributed by atoms with van der Waals surface area (Å²) in [6.45, 7) is 8.27. The minimum absolute atomic E-state index is 0.0121. The van der Waals surface area contributed by atoms with E-state index < -0.39 is 0 Å². The van der Waals surface area contributed by atoms with E-state index in [-0.39, 0.29) is 23.5 Å².